The summed E-state index contributed by atoms with van der Waals surface area (Å²) in [4.78, 5) is 20.0. The fourth-order valence-corrected chi connectivity index (χ4v) is 8.06. The van der Waals surface area contributed by atoms with E-state index in [-0.39, 0.29) is 30.3 Å². The summed E-state index contributed by atoms with van der Waals surface area (Å²) >= 11 is 14.7. The number of morpholine rings is 1. The lowest BCUT2D eigenvalue weighted by Crippen LogP contribution is -2.58. The number of thiazole rings is 1. The molecule has 0 amide bonds. The highest BCUT2D eigenvalue weighted by molar-refractivity contribution is 7.22. The van der Waals surface area contributed by atoms with Crippen molar-refractivity contribution in [3.63, 3.8) is 0 Å². The Hall–Kier alpha value is -2.69. The van der Waals surface area contributed by atoms with E-state index in [1.807, 2.05) is 51.1 Å². The summed E-state index contributed by atoms with van der Waals surface area (Å²) in [6.45, 7) is 7.30. The molecule has 4 heterocycles. The molecule has 2 unspecified atom stereocenters. The van der Waals surface area contributed by atoms with Crippen molar-refractivity contribution in [2.45, 2.75) is 83.3 Å². The van der Waals surface area contributed by atoms with Gasteiger partial charge in [-0.25, -0.2) is 9.78 Å². The molecular formula is C32H33Cl2N3O5S. The third-order valence-electron chi connectivity index (χ3n) is 8.38. The number of anilines is 1. The van der Waals surface area contributed by atoms with Gasteiger partial charge in [0.1, 0.15) is 11.5 Å². The molecule has 7 rings (SSSR count). The molecule has 4 aromatic rings. The quantitative estimate of drug-likeness (QED) is 0.179. The number of piperidine rings is 1. The van der Waals surface area contributed by atoms with Crippen LogP contribution in [0, 0.1) is 6.92 Å². The van der Waals surface area contributed by atoms with Gasteiger partial charge in [-0.15, -0.1) is 0 Å². The Morgan fingerprint density at radius 1 is 1.14 bits per heavy atom. The summed E-state index contributed by atoms with van der Waals surface area (Å²) in [7, 11) is 0. The standard InChI is InChI=1S/C32H33Cl2N3O5S/c1-16(2)41-31(38)19-9-17(3)28-26(10-19)43-32(35-28)37-20-11-22(12-21(37)14-39-13-20)40-15-23-29(36-42-30(23)18-7-8-18)27-24(33)5-4-6-25(27)34/h4-6,9-10,16,18,20-22H,7-8,11-15H2,1-3H3. The zero-order chi connectivity index (χ0) is 29.8. The predicted octanol–water partition coefficient (Wildman–Crippen LogP) is 7.96. The van der Waals surface area contributed by atoms with E-state index in [0.29, 0.717) is 52.6 Å². The van der Waals surface area contributed by atoms with Crippen molar-refractivity contribution in [2.75, 3.05) is 18.1 Å². The molecule has 2 saturated heterocycles. The lowest BCUT2D eigenvalue weighted by atomic mass is 9.92. The minimum absolute atomic E-state index is 0.0418. The molecular weight excluding hydrogens is 609 g/mol. The van der Waals surface area contributed by atoms with Crippen LogP contribution >= 0.6 is 34.5 Å². The van der Waals surface area contributed by atoms with E-state index >= 15 is 0 Å². The number of halogens is 2. The third-order valence-corrected chi connectivity index (χ3v) is 10.0. The molecule has 226 valence electrons. The van der Waals surface area contributed by atoms with Crippen LogP contribution in [0.2, 0.25) is 10.0 Å². The molecule has 8 nitrogen and oxygen atoms in total. The second-order valence-corrected chi connectivity index (χ2v) is 13.8. The Balaban J connectivity index is 1.11. The van der Waals surface area contributed by atoms with Crippen LogP contribution in [-0.2, 0) is 20.8 Å². The van der Waals surface area contributed by atoms with Gasteiger partial charge in [-0.05, 0) is 76.3 Å². The minimum atomic E-state index is -0.309. The number of carbonyl (C=O) groups excluding carboxylic acids is 1. The molecule has 11 heteroatoms. The van der Waals surface area contributed by atoms with Crippen molar-refractivity contribution in [3.8, 4) is 11.3 Å². The molecule has 2 atom stereocenters. The van der Waals surface area contributed by atoms with E-state index in [1.54, 1.807) is 11.3 Å². The Morgan fingerprint density at radius 3 is 2.53 bits per heavy atom. The van der Waals surface area contributed by atoms with Crippen molar-refractivity contribution in [3.05, 3.63) is 62.8 Å². The predicted molar refractivity (Wildman–Crippen MR) is 168 cm³/mol. The van der Waals surface area contributed by atoms with Crippen LogP contribution < -0.4 is 4.90 Å². The summed E-state index contributed by atoms with van der Waals surface area (Å²) in [6.07, 6.45) is 3.65. The van der Waals surface area contributed by atoms with Gasteiger partial charge in [-0.1, -0.05) is 45.8 Å². The smallest absolute Gasteiger partial charge is 0.338 e. The van der Waals surface area contributed by atoms with Crippen LogP contribution in [0.5, 0.6) is 0 Å². The second kappa shape index (κ2) is 11.7. The van der Waals surface area contributed by atoms with Crippen molar-refractivity contribution < 1.29 is 23.5 Å². The number of rotatable bonds is 8. The van der Waals surface area contributed by atoms with Crippen LogP contribution in [0.15, 0.2) is 34.9 Å². The van der Waals surface area contributed by atoms with Crippen molar-refractivity contribution in [1.82, 2.24) is 10.1 Å². The number of aromatic nitrogens is 2. The Morgan fingerprint density at radius 2 is 1.86 bits per heavy atom. The third kappa shape index (κ3) is 5.66. The average Bonchev–Trinajstić information content (AvgIpc) is 3.57. The summed E-state index contributed by atoms with van der Waals surface area (Å²) in [5.41, 5.74) is 4.73. The number of aryl methyl sites for hydroxylation is 1. The molecule has 43 heavy (non-hydrogen) atoms. The average molecular weight is 643 g/mol. The van der Waals surface area contributed by atoms with Gasteiger partial charge in [0.15, 0.2) is 5.13 Å². The highest BCUT2D eigenvalue weighted by Crippen LogP contribution is 2.46. The fraction of sp³-hybridized carbons (Fsp3) is 0.469. The number of esters is 1. The summed E-state index contributed by atoms with van der Waals surface area (Å²) in [5, 5.41) is 6.45. The maximum Gasteiger partial charge on any atom is 0.338 e. The summed E-state index contributed by atoms with van der Waals surface area (Å²) in [6, 6.07) is 9.49. The normalized spacial score (nSPS) is 22.0. The number of hydrogen-bond donors (Lipinski definition) is 0. The van der Waals surface area contributed by atoms with Crippen LogP contribution in [0.3, 0.4) is 0 Å². The van der Waals surface area contributed by atoms with E-state index in [9.17, 15) is 4.79 Å². The number of benzene rings is 2. The first kappa shape index (κ1) is 29.0. The second-order valence-electron chi connectivity index (χ2n) is 12.0. The molecule has 0 spiro atoms. The van der Waals surface area contributed by atoms with E-state index in [0.717, 1.165) is 57.9 Å². The zero-order valence-electron chi connectivity index (χ0n) is 24.3. The van der Waals surface area contributed by atoms with Gasteiger partial charge < -0.3 is 23.6 Å². The van der Waals surface area contributed by atoms with E-state index in [1.165, 1.54) is 0 Å². The maximum atomic E-state index is 12.6. The van der Waals surface area contributed by atoms with Gasteiger partial charge in [0, 0.05) is 17.0 Å². The van der Waals surface area contributed by atoms with Crippen LogP contribution in [-0.4, -0.2) is 53.6 Å². The molecule has 2 aromatic carbocycles. The zero-order valence-corrected chi connectivity index (χ0v) is 26.6. The number of nitrogens with zero attached hydrogens (tertiary/aromatic N) is 3. The lowest BCUT2D eigenvalue weighted by molar-refractivity contribution is -0.0394. The Bertz CT molecular complexity index is 1650. The summed E-state index contributed by atoms with van der Waals surface area (Å²) < 4.78 is 24.9. The summed E-state index contributed by atoms with van der Waals surface area (Å²) in [5.74, 6) is 0.940. The SMILES string of the molecule is Cc1cc(C(=O)OC(C)C)cc2sc(N3C4COCC3CC(OCc3c(-c5c(Cl)cccc5Cl)noc3C3CC3)C4)nc12. The van der Waals surface area contributed by atoms with Gasteiger partial charge in [0.2, 0.25) is 0 Å². The largest absolute Gasteiger partial charge is 0.459 e. The topological polar surface area (TPSA) is 86.9 Å². The molecule has 3 aliphatic rings. The van der Waals surface area contributed by atoms with Crippen molar-refractivity contribution in [1.29, 1.82) is 0 Å². The van der Waals surface area contributed by atoms with Gasteiger partial charge in [0.05, 0.1) is 69.9 Å². The monoisotopic (exact) mass is 641 g/mol. The first-order chi connectivity index (χ1) is 20.8. The number of ether oxygens (including phenoxy) is 3. The van der Waals surface area contributed by atoms with Gasteiger partial charge >= 0.3 is 5.97 Å². The molecule has 2 bridgehead atoms. The van der Waals surface area contributed by atoms with Gasteiger partial charge in [-0.3, -0.25) is 0 Å². The molecule has 3 fully saturated rings. The maximum absolute atomic E-state index is 12.6. The molecule has 0 N–H and O–H groups in total. The lowest BCUT2D eigenvalue weighted by Gasteiger charge is -2.48. The molecule has 2 aliphatic heterocycles. The molecule has 0 radical (unpaired) electrons. The number of fused-ring (bicyclic) bond motifs is 3. The van der Waals surface area contributed by atoms with Gasteiger partial charge in [-0.2, -0.15) is 0 Å². The highest BCUT2D eigenvalue weighted by Gasteiger charge is 2.42. The van der Waals surface area contributed by atoms with E-state index in [2.05, 4.69) is 10.1 Å². The molecule has 1 saturated carbocycles. The first-order valence-corrected chi connectivity index (χ1v) is 16.4. The minimum Gasteiger partial charge on any atom is -0.459 e. The van der Waals surface area contributed by atoms with Crippen molar-refractivity contribution >= 4 is 55.9 Å². The Kier molecular flexibility index (Phi) is 7.88. The van der Waals surface area contributed by atoms with Crippen LogP contribution in [0.4, 0.5) is 5.13 Å². The number of carbonyl (C=O) groups is 1. The first-order valence-electron chi connectivity index (χ1n) is 14.8. The van der Waals surface area contributed by atoms with Crippen molar-refractivity contribution in [2.24, 2.45) is 0 Å². The van der Waals surface area contributed by atoms with Crippen LogP contribution in [0.1, 0.15) is 72.7 Å². The fourth-order valence-electron chi connectivity index (χ4n) is 6.26. The van der Waals surface area contributed by atoms with E-state index in [4.69, 9.17) is 46.9 Å². The Labute approximate surface area is 264 Å². The molecule has 1 aliphatic carbocycles. The van der Waals surface area contributed by atoms with E-state index < -0.39 is 0 Å². The van der Waals surface area contributed by atoms with Crippen LogP contribution in [0.25, 0.3) is 21.5 Å². The molecule has 2 aromatic heterocycles. The highest BCUT2D eigenvalue weighted by atomic mass is 35.5. The van der Waals surface area contributed by atoms with Gasteiger partial charge in [0.25, 0.3) is 0 Å². The number of hydrogen-bond acceptors (Lipinski definition) is 9.